The Morgan fingerprint density at radius 1 is 1.28 bits per heavy atom. The molecule has 0 spiro atoms. The number of likely N-dealkylation sites (N-methyl/N-ethyl adjacent to an activating group) is 1. The van der Waals surface area contributed by atoms with Gasteiger partial charge in [0.25, 0.3) is 5.91 Å². The predicted octanol–water partition coefficient (Wildman–Crippen LogP) is 0.362. The molecule has 1 aromatic heterocycles. The highest BCUT2D eigenvalue weighted by atomic mass is 16.5. The molecule has 25 heavy (non-hydrogen) atoms. The quantitative estimate of drug-likeness (QED) is 0.742. The molecule has 138 valence electrons. The lowest BCUT2D eigenvalue weighted by molar-refractivity contribution is -0.152. The summed E-state index contributed by atoms with van der Waals surface area (Å²) in [6.45, 7) is 2.00. The van der Waals surface area contributed by atoms with Crippen molar-refractivity contribution in [2.45, 2.75) is 51.1 Å². The fraction of sp³-hybridized carbons (Fsp3) is 0.688. The molecular formula is C16H25N5O4. The van der Waals surface area contributed by atoms with Crippen molar-refractivity contribution in [2.75, 3.05) is 20.7 Å². The number of ether oxygens (including phenoxy) is 1. The lowest BCUT2D eigenvalue weighted by Gasteiger charge is -2.35. The lowest BCUT2D eigenvalue weighted by atomic mass is 9.81. The van der Waals surface area contributed by atoms with Crippen molar-refractivity contribution in [2.24, 2.45) is 0 Å². The van der Waals surface area contributed by atoms with Crippen LogP contribution in [-0.2, 0) is 20.9 Å². The number of aromatic nitrogens is 3. The van der Waals surface area contributed by atoms with Gasteiger partial charge in [-0.3, -0.25) is 9.59 Å². The summed E-state index contributed by atoms with van der Waals surface area (Å²) in [5.74, 6) is -1.05. The van der Waals surface area contributed by atoms with E-state index in [1.807, 2.05) is 0 Å². The minimum absolute atomic E-state index is 0.00367. The normalized spacial score (nSPS) is 16.1. The zero-order valence-electron chi connectivity index (χ0n) is 14.9. The van der Waals surface area contributed by atoms with Crippen molar-refractivity contribution in [3.63, 3.8) is 0 Å². The van der Waals surface area contributed by atoms with E-state index >= 15 is 0 Å². The van der Waals surface area contributed by atoms with E-state index in [0.29, 0.717) is 12.8 Å². The first-order chi connectivity index (χ1) is 11.9. The second-order valence-corrected chi connectivity index (χ2v) is 6.41. The molecule has 9 nitrogen and oxygen atoms in total. The Labute approximate surface area is 146 Å². The van der Waals surface area contributed by atoms with Crippen molar-refractivity contribution in [3.8, 4) is 0 Å². The summed E-state index contributed by atoms with van der Waals surface area (Å²) >= 11 is 0. The summed E-state index contributed by atoms with van der Waals surface area (Å²) in [4.78, 5) is 38.0. The van der Waals surface area contributed by atoms with Gasteiger partial charge in [-0.2, -0.15) is 0 Å². The largest absolute Gasteiger partial charge is 0.464 e. The maximum atomic E-state index is 12.5. The van der Waals surface area contributed by atoms with Crippen LogP contribution in [0.1, 0.15) is 49.5 Å². The predicted molar refractivity (Wildman–Crippen MR) is 88.6 cm³/mol. The molecule has 0 aromatic carbocycles. The van der Waals surface area contributed by atoms with Crippen LogP contribution in [0, 0.1) is 0 Å². The number of esters is 1. The maximum Gasteiger partial charge on any atom is 0.331 e. The van der Waals surface area contributed by atoms with E-state index in [-0.39, 0.29) is 24.8 Å². The highest BCUT2D eigenvalue weighted by molar-refractivity contribution is 5.96. The van der Waals surface area contributed by atoms with E-state index in [1.165, 1.54) is 15.8 Å². The maximum absolute atomic E-state index is 12.5. The summed E-state index contributed by atoms with van der Waals surface area (Å²) in [5.41, 5.74) is -0.935. The van der Waals surface area contributed by atoms with Crippen molar-refractivity contribution >= 4 is 17.8 Å². The van der Waals surface area contributed by atoms with Crippen LogP contribution in [-0.4, -0.2) is 63.9 Å². The molecular weight excluding hydrogens is 326 g/mol. The number of rotatable bonds is 6. The van der Waals surface area contributed by atoms with Crippen molar-refractivity contribution in [1.29, 1.82) is 0 Å². The first-order valence-electron chi connectivity index (χ1n) is 8.48. The molecule has 1 aromatic rings. The van der Waals surface area contributed by atoms with Crippen LogP contribution in [0.25, 0.3) is 0 Å². The van der Waals surface area contributed by atoms with Crippen LogP contribution in [0.5, 0.6) is 0 Å². The average Bonchev–Trinajstić information content (AvgIpc) is 3.04. The molecule has 1 fully saturated rings. The highest BCUT2D eigenvalue weighted by Crippen LogP contribution is 2.29. The molecule has 0 bridgehead atoms. The van der Waals surface area contributed by atoms with Gasteiger partial charge in [0, 0.05) is 14.1 Å². The number of nitrogens with one attached hydrogen (secondary N) is 1. The molecule has 1 saturated carbocycles. The third-order valence-corrected chi connectivity index (χ3v) is 4.29. The van der Waals surface area contributed by atoms with Gasteiger partial charge < -0.3 is 15.0 Å². The molecule has 1 aliphatic carbocycles. The average molecular weight is 351 g/mol. The fourth-order valence-corrected chi connectivity index (χ4v) is 2.85. The van der Waals surface area contributed by atoms with Gasteiger partial charge in [0.05, 0.1) is 12.8 Å². The van der Waals surface area contributed by atoms with Crippen molar-refractivity contribution in [1.82, 2.24) is 25.2 Å². The summed E-state index contributed by atoms with van der Waals surface area (Å²) in [6, 6.07) is 0. The Bertz CT molecular complexity index is 634. The lowest BCUT2D eigenvalue weighted by Crippen LogP contribution is -2.56. The number of carbonyl (C=O) groups excluding carboxylic acids is 3. The van der Waals surface area contributed by atoms with E-state index in [2.05, 4.69) is 15.6 Å². The van der Waals surface area contributed by atoms with Crippen LogP contribution in [0.3, 0.4) is 0 Å². The van der Waals surface area contributed by atoms with Gasteiger partial charge in [-0.05, 0) is 19.8 Å². The third-order valence-electron chi connectivity index (χ3n) is 4.29. The van der Waals surface area contributed by atoms with Crippen LogP contribution >= 0.6 is 0 Å². The van der Waals surface area contributed by atoms with E-state index in [0.717, 1.165) is 19.3 Å². The number of hydrogen-bond acceptors (Lipinski definition) is 6. The Hall–Kier alpha value is -2.45. The van der Waals surface area contributed by atoms with E-state index in [1.54, 1.807) is 21.0 Å². The molecule has 0 unspecified atom stereocenters. The molecule has 1 aliphatic rings. The van der Waals surface area contributed by atoms with Gasteiger partial charge in [-0.25, -0.2) is 9.48 Å². The summed E-state index contributed by atoms with van der Waals surface area (Å²) in [5, 5.41) is 10.4. The third kappa shape index (κ3) is 4.55. The summed E-state index contributed by atoms with van der Waals surface area (Å²) < 4.78 is 6.46. The fourth-order valence-electron chi connectivity index (χ4n) is 2.85. The summed E-state index contributed by atoms with van der Waals surface area (Å²) in [7, 11) is 3.28. The SMILES string of the molecule is CCOC(=O)C1(NC(=O)c2cn(CC(=O)N(C)C)nn2)CCCCC1. The molecule has 1 N–H and O–H groups in total. The zero-order valence-corrected chi connectivity index (χ0v) is 14.9. The van der Waals surface area contributed by atoms with Crippen LogP contribution < -0.4 is 5.32 Å². The zero-order chi connectivity index (χ0) is 18.4. The van der Waals surface area contributed by atoms with Gasteiger partial charge in [-0.1, -0.05) is 24.5 Å². The molecule has 2 amide bonds. The second-order valence-electron chi connectivity index (χ2n) is 6.41. The summed E-state index contributed by atoms with van der Waals surface area (Å²) in [6.07, 6.45) is 5.22. The number of hydrogen-bond donors (Lipinski definition) is 1. The van der Waals surface area contributed by atoms with Crippen molar-refractivity contribution in [3.05, 3.63) is 11.9 Å². The Kier molecular flexibility index (Phi) is 6.11. The first-order valence-corrected chi connectivity index (χ1v) is 8.48. The Balaban J connectivity index is 2.09. The number of amides is 2. The number of carbonyl (C=O) groups is 3. The monoisotopic (exact) mass is 351 g/mol. The van der Waals surface area contributed by atoms with Gasteiger partial charge >= 0.3 is 5.97 Å². The molecule has 2 rings (SSSR count). The van der Waals surface area contributed by atoms with Crippen LogP contribution in [0.4, 0.5) is 0 Å². The first kappa shape index (κ1) is 18.9. The van der Waals surface area contributed by atoms with Gasteiger partial charge in [0.2, 0.25) is 5.91 Å². The van der Waals surface area contributed by atoms with Crippen LogP contribution in [0.2, 0.25) is 0 Å². The van der Waals surface area contributed by atoms with Crippen molar-refractivity contribution < 1.29 is 19.1 Å². The molecule has 9 heteroatoms. The highest BCUT2D eigenvalue weighted by Gasteiger charge is 2.42. The van der Waals surface area contributed by atoms with Crippen LogP contribution in [0.15, 0.2) is 6.20 Å². The topological polar surface area (TPSA) is 106 Å². The van der Waals surface area contributed by atoms with E-state index in [9.17, 15) is 14.4 Å². The minimum Gasteiger partial charge on any atom is -0.464 e. The molecule has 0 atom stereocenters. The van der Waals surface area contributed by atoms with Gasteiger partial charge in [-0.15, -0.1) is 5.10 Å². The smallest absolute Gasteiger partial charge is 0.331 e. The molecule has 1 heterocycles. The Morgan fingerprint density at radius 2 is 1.96 bits per heavy atom. The van der Waals surface area contributed by atoms with Gasteiger partial charge in [0.15, 0.2) is 5.69 Å². The molecule has 0 saturated heterocycles. The minimum atomic E-state index is -1.01. The van der Waals surface area contributed by atoms with E-state index < -0.39 is 17.4 Å². The molecule has 0 aliphatic heterocycles. The number of nitrogens with zero attached hydrogens (tertiary/aromatic N) is 4. The standard InChI is InChI=1S/C16H25N5O4/c1-4-25-15(24)16(8-6-5-7-9-16)17-14(23)12-10-21(19-18-12)11-13(22)20(2)3/h10H,4-9,11H2,1-3H3,(H,17,23). The Morgan fingerprint density at radius 3 is 2.56 bits per heavy atom. The second kappa shape index (κ2) is 8.09. The molecule has 0 radical (unpaired) electrons. The van der Waals surface area contributed by atoms with Gasteiger partial charge in [0.1, 0.15) is 12.1 Å². The van der Waals surface area contributed by atoms with E-state index in [4.69, 9.17) is 4.74 Å².